The number of nitrogens with zero attached hydrogens (tertiary/aromatic N) is 1. The Balaban J connectivity index is 1.88. The van der Waals surface area contributed by atoms with Crippen LogP contribution in [0.4, 0.5) is 4.79 Å². The summed E-state index contributed by atoms with van der Waals surface area (Å²) in [6, 6.07) is 0.0675. The van der Waals surface area contributed by atoms with Crippen LogP contribution in [0.2, 0.25) is 0 Å². The smallest absolute Gasteiger partial charge is 0.317 e. The summed E-state index contributed by atoms with van der Waals surface area (Å²) >= 11 is 0. The molecule has 2 rings (SSSR count). The molecule has 80 valence electrons. The Labute approximate surface area is 85.0 Å². The van der Waals surface area contributed by atoms with E-state index in [0.29, 0.717) is 5.54 Å². The predicted molar refractivity (Wildman–Crippen MR) is 55.2 cm³/mol. The van der Waals surface area contributed by atoms with Gasteiger partial charge in [0.1, 0.15) is 0 Å². The molecule has 4 heteroatoms. The summed E-state index contributed by atoms with van der Waals surface area (Å²) in [6.45, 7) is 2.94. The third kappa shape index (κ3) is 1.71. The first-order chi connectivity index (χ1) is 6.76. The fourth-order valence-corrected chi connectivity index (χ4v) is 2.59. The molecule has 2 aliphatic rings. The van der Waals surface area contributed by atoms with Gasteiger partial charge in [0.05, 0.1) is 0 Å². The van der Waals surface area contributed by atoms with Crippen LogP contribution < -0.4 is 10.6 Å². The normalized spacial score (nSPS) is 25.4. The van der Waals surface area contributed by atoms with Crippen molar-refractivity contribution in [1.29, 1.82) is 0 Å². The molecule has 2 aliphatic heterocycles. The summed E-state index contributed by atoms with van der Waals surface area (Å²) < 4.78 is 0. The van der Waals surface area contributed by atoms with Gasteiger partial charge in [-0.3, -0.25) is 0 Å². The highest BCUT2D eigenvalue weighted by atomic mass is 16.2. The van der Waals surface area contributed by atoms with Gasteiger partial charge in [0.15, 0.2) is 0 Å². The molecule has 2 fully saturated rings. The Kier molecular flexibility index (Phi) is 2.63. The molecule has 2 N–H and O–H groups in total. The van der Waals surface area contributed by atoms with Crippen molar-refractivity contribution in [3.05, 3.63) is 0 Å². The van der Waals surface area contributed by atoms with Gasteiger partial charge in [-0.2, -0.15) is 0 Å². The Morgan fingerprint density at radius 2 is 2.07 bits per heavy atom. The maximum absolute atomic E-state index is 11.4. The number of likely N-dealkylation sites (tertiary alicyclic amines) is 1. The van der Waals surface area contributed by atoms with Crippen molar-refractivity contribution in [1.82, 2.24) is 15.5 Å². The third-order valence-electron chi connectivity index (χ3n) is 3.55. The summed E-state index contributed by atoms with van der Waals surface area (Å²) in [5, 5.41) is 6.27. The number of urea groups is 1. The standard InChI is InChI=1S/C10H19N3O/c1-11-9(14)13-7-4-10(5-8-13)3-2-6-12-10/h12H,2-8H2,1H3,(H,11,14). The van der Waals surface area contributed by atoms with Crippen molar-refractivity contribution in [2.75, 3.05) is 26.7 Å². The van der Waals surface area contributed by atoms with Crippen LogP contribution in [0.1, 0.15) is 25.7 Å². The van der Waals surface area contributed by atoms with Gasteiger partial charge in [-0.05, 0) is 32.2 Å². The SMILES string of the molecule is CNC(=O)N1CCC2(CCCN2)CC1. The van der Waals surface area contributed by atoms with Gasteiger partial charge in [0, 0.05) is 25.7 Å². The fourth-order valence-electron chi connectivity index (χ4n) is 2.59. The fraction of sp³-hybridized carbons (Fsp3) is 0.900. The van der Waals surface area contributed by atoms with E-state index in [4.69, 9.17) is 0 Å². The van der Waals surface area contributed by atoms with Crippen molar-refractivity contribution >= 4 is 6.03 Å². The Bertz CT molecular complexity index is 213. The molecular formula is C10H19N3O. The average Bonchev–Trinajstić information content (AvgIpc) is 2.67. The molecule has 0 aromatic heterocycles. The zero-order valence-electron chi connectivity index (χ0n) is 8.81. The molecule has 1 spiro atoms. The van der Waals surface area contributed by atoms with Crippen molar-refractivity contribution in [3.8, 4) is 0 Å². The van der Waals surface area contributed by atoms with E-state index in [9.17, 15) is 4.79 Å². The summed E-state index contributed by atoms with van der Waals surface area (Å²) in [6.07, 6.45) is 4.80. The Morgan fingerprint density at radius 3 is 2.57 bits per heavy atom. The molecule has 2 heterocycles. The van der Waals surface area contributed by atoms with E-state index in [1.54, 1.807) is 7.05 Å². The van der Waals surface area contributed by atoms with E-state index in [1.807, 2.05) is 4.90 Å². The molecule has 0 bridgehead atoms. The molecular weight excluding hydrogens is 178 g/mol. The second kappa shape index (κ2) is 3.77. The summed E-state index contributed by atoms with van der Waals surface area (Å²) in [5.41, 5.74) is 0.366. The molecule has 2 amide bonds. The van der Waals surface area contributed by atoms with Crippen molar-refractivity contribution in [2.45, 2.75) is 31.2 Å². The van der Waals surface area contributed by atoms with Gasteiger partial charge >= 0.3 is 6.03 Å². The van der Waals surface area contributed by atoms with Crippen LogP contribution in [-0.2, 0) is 0 Å². The molecule has 0 aliphatic carbocycles. The topological polar surface area (TPSA) is 44.4 Å². The zero-order valence-corrected chi connectivity index (χ0v) is 8.81. The Morgan fingerprint density at radius 1 is 1.36 bits per heavy atom. The van der Waals surface area contributed by atoms with Crippen LogP contribution in [0.3, 0.4) is 0 Å². The van der Waals surface area contributed by atoms with Gasteiger partial charge in [-0.25, -0.2) is 4.79 Å². The summed E-state index contributed by atoms with van der Waals surface area (Å²) in [4.78, 5) is 13.3. The number of carbonyl (C=O) groups excluding carboxylic acids is 1. The molecule has 0 atom stereocenters. The lowest BCUT2D eigenvalue weighted by Gasteiger charge is -2.39. The van der Waals surface area contributed by atoms with E-state index in [0.717, 1.165) is 32.5 Å². The van der Waals surface area contributed by atoms with Crippen LogP contribution >= 0.6 is 0 Å². The number of hydrogen-bond acceptors (Lipinski definition) is 2. The minimum atomic E-state index is 0.0675. The van der Waals surface area contributed by atoms with Gasteiger partial charge in [0.2, 0.25) is 0 Å². The first-order valence-electron chi connectivity index (χ1n) is 5.47. The van der Waals surface area contributed by atoms with Crippen LogP contribution in [-0.4, -0.2) is 43.2 Å². The van der Waals surface area contributed by atoms with E-state index in [1.165, 1.54) is 12.8 Å². The largest absolute Gasteiger partial charge is 0.341 e. The van der Waals surface area contributed by atoms with Crippen LogP contribution in [0.25, 0.3) is 0 Å². The van der Waals surface area contributed by atoms with E-state index >= 15 is 0 Å². The Hall–Kier alpha value is -0.770. The lowest BCUT2D eigenvalue weighted by atomic mass is 9.86. The van der Waals surface area contributed by atoms with E-state index in [2.05, 4.69) is 10.6 Å². The lowest BCUT2D eigenvalue weighted by molar-refractivity contribution is 0.152. The highest BCUT2D eigenvalue weighted by Gasteiger charge is 2.37. The van der Waals surface area contributed by atoms with E-state index in [-0.39, 0.29) is 6.03 Å². The maximum Gasteiger partial charge on any atom is 0.317 e. The average molecular weight is 197 g/mol. The van der Waals surface area contributed by atoms with Crippen LogP contribution in [0.5, 0.6) is 0 Å². The van der Waals surface area contributed by atoms with Gasteiger partial charge in [-0.1, -0.05) is 0 Å². The summed E-state index contributed by atoms with van der Waals surface area (Å²) in [7, 11) is 1.69. The highest BCUT2D eigenvalue weighted by Crippen LogP contribution is 2.30. The number of hydrogen-bond donors (Lipinski definition) is 2. The van der Waals surface area contributed by atoms with Crippen molar-refractivity contribution < 1.29 is 4.79 Å². The number of carbonyl (C=O) groups is 1. The minimum Gasteiger partial charge on any atom is -0.341 e. The molecule has 0 aromatic rings. The molecule has 0 unspecified atom stereocenters. The van der Waals surface area contributed by atoms with Gasteiger partial charge in [-0.15, -0.1) is 0 Å². The monoisotopic (exact) mass is 197 g/mol. The number of rotatable bonds is 0. The van der Waals surface area contributed by atoms with Crippen LogP contribution in [0.15, 0.2) is 0 Å². The first kappa shape index (κ1) is 9.77. The molecule has 4 nitrogen and oxygen atoms in total. The van der Waals surface area contributed by atoms with Crippen LogP contribution in [0, 0.1) is 0 Å². The molecule has 0 saturated carbocycles. The molecule has 14 heavy (non-hydrogen) atoms. The lowest BCUT2D eigenvalue weighted by Crippen LogP contribution is -2.53. The number of piperidine rings is 1. The second-order valence-electron chi connectivity index (χ2n) is 4.35. The second-order valence-corrected chi connectivity index (χ2v) is 4.35. The molecule has 2 saturated heterocycles. The summed E-state index contributed by atoms with van der Waals surface area (Å²) in [5.74, 6) is 0. The number of amides is 2. The minimum absolute atomic E-state index is 0.0675. The molecule has 0 aromatic carbocycles. The third-order valence-corrected chi connectivity index (χ3v) is 3.55. The van der Waals surface area contributed by atoms with Gasteiger partial charge in [0.25, 0.3) is 0 Å². The van der Waals surface area contributed by atoms with Crippen molar-refractivity contribution in [2.24, 2.45) is 0 Å². The molecule has 0 radical (unpaired) electrons. The highest BCUT2D eigenvalue weighted by molar-refractivity contribution is 5.73. The first-order valence-corrected chi connectivity index (χ1v) is 5.47. The predicted octanol–water partition coefficient (Wildman–Crippen LogP) is 0.544. The van der Waals surface area contributed by atoms with Gasteiger partial charge < -0.3 is 15.5 Å². The van der Waals surface area contributed by atoms with E-state index < -0.39 is 0 Å². The zero-order chi connectivity index (χ0) is 10.0. The quantitative estimate of drug-likeness (QED) is 0.595. The maximum atomic E-state index is 11.4. The van der Waals surface area contributed by atoms with Crippen molar-refractivity contribution in [3.63, 3.8) is 0 Å². The number of nitrogens with one attached hydrogen (secondary N) is 2.